The van der Waals surface area contributed by atoms with Gasteiger partial charge in [-0.1, -0.05) is 30.3 Å². The summed E-state index contributed by atoms with van der Waals surface area (Å²) < 4.78 is 71.6. The summed E-state index contributed by atoms with van der Waals surface area (Å²) in [4.78, 5) is 0. The number of benzene rings is 1. The van der Waals surface area contributed by atoms with E-state index in [1.807, 2.05) is 30.3 Å². The third kappa shape index (κ3) is 5.37. The Balaban J connectivity index is 2.14. The third-order valence-corrected chi connectivity index (χ3v) is 4.61. The van der Waals surface area contributed by atoms with Crippen LogP contribution in [0, 0.1) is 0 Å². The minimum Gasteiger partial charge on any atom is -0.375 e. The van der Waals surface area contributed by atoms with E-state index in [1.54, 1.807) is 0 Å². The first-order chi connectivity index (χ1) is 12.4. The molecule has 0 radical (unpaired) electrons. The highest BCUT2D eigenvalue weighted by Crippen LogP contribution is 2.48. The number of rotatable bonds is 8. The van der Waals surface area contributed by atoms with Crippen molar-refractivity contribution >= 4 is 19.3 Å². The first-order valence-electron chi connectivity index (χ1n) is 9.45. The molecule has 1 aromatic carbocycles. The monoisotopic (exact) mass is 338 g/mol. The van der Waals surface area contributed by atoms with E-state index in [9.17, 15) is 4.57 Å². The molecule has 1 fully saturated rings. The van der Waals surface area contributed by atoms with Crippen LogP contribution in [0.15, 0.2) is 30.3 Å². The highest BCUT2D eigenvalue weighted by molar-refractivity contribution is 7.54. The third-order valence-electron chi connectivity index (χ3n) is 2.68. The molecule has 21 heavy (non-hydrogen) atoms. The fraction of sp³-hybridized carbons (Fsp3) is 0.571. The topological polar surface area (TPSA) is 50.8 Å². The molecule has 5 nitrogen and oxygen atoms in total. The molecule has 2 rings (SSSR count). The first-order valence-corrected chi connectivity index (χ1v) is 8.56. The highest BCUT2D eigenvalue weighted by atomic mass is 35.5. The van der Waals surface area contributed by atoms with E-state index < -0.39 is 39.7 Å². The van der Waals surface area contributed by atoms with E-state index in [1.165, 1.54) is 0 Å². The maximum atomic E-state index is 13.2. The van der Waals surface area contributed by atoms with Crippen LogP contribution in [-0.2, 0) is 20.4 Å². The van der Waals surface area contributed by atoms with Crippen molar-refractivity contribution in [3.8, 4) is 0 Å². The molecule has 0 bridgehead atoms. The largest absolute Gasteiger partial charge is 0.375 e. The predicted molar refractivity (Wildman–Crippen MR) is 84.6 cm³/mol. The Bertz CT molecular complexity index is 682. The summed E-state index contributed by atoms with van der Waals surface area (Å²) in [5.41, 5.74) is 0.833. The van der Waals surface area contributed by atoms with Gasteiger partial charge >= 0.3 is 7.67 Å². The first kappa shape index (κ1) is 10.4. The molecule has 1 aromatic rings. The molecule has 1 aliphatic rings. The smallest absolute Gasteiger partial charge is 0.343 e. The molecule has 0 aromatic heterocycles. The molecule has 0 saturated carbocycles. The number of hydrogen-bond acceptors (Lipinski definition) is 3. The van der Waals surface area contributed by atoms with Crippen LogP contribution in [0.1, 0.15) is 20.2 Å². The molecule has 1 N–H and O–H groups in total. The van der Waals surface area contributed by atoms with Crippen LogP contribution >= 0.6 is 19.3 Å². The normalized spacial score (nSPS) is 31.3. The van der Waals surface area contributed by atoms with E-state index in [0.29, 0.717) is 0 Å². The number of hydrogen-bond donors (Lipinski definition) is 1. The van der Waals surface area contributed by atoms with Gasteiger partial charge < -0.3 is 9.26 Å². The fourth-order valence-electron chi connectivity index (χ4n) is 1.71. The fourth-order valence-corrected chi connectivity index (χ4v) is 3.29. The number of alkyl halides is 1. The molecule has 0 spiro atoms. The van der Waals surface area contributed by atoms with Gasteiger partial charge in [0, 0.05) is 30.9 Å². The Morgan fingerprint density at radius 1 is 1.52 bits per heavy atom. The van der Waals surface area contributed by atoms with Crippen molar-refractivity contribution < 1.29 is 22.1 Å². The van der Waals surface area contributed by atoms with Crippen LogP contribution in [0.4, 0.5) is 0 Å². The molecule has 0 aliphatic carbocycles. The number of nitrogens with zero attached hydrogens (tertiary/aromatic N) is 1. The zero-order valence-electron chi connectivity index (χ0n) is 17.4. The van der Waals surface area contributed by atoms with Crippen molar-refractivity contribution in [1.82, 2.24) is 9.76 Å². The molecular weight excluding hydrogens is 311 g/mol. The summed E-state index contributed by atoms with van der Waals surface area (Å²) in [7, 11) is -4.42. The van der Waals surface area contributed by atoms with Gasteiger partial charge in [-0.2, -0.15) is 0 Å². The zero-order chi connectivity index (χ0) is 20.3. The lowest BCUT2D eigenvalue weighted by Crippen LogP contribution is -2.37. The quantitative estimate of drug-likeness (QED) is 0.583. The molecule has 1 atom stereocenters. The number of ether oxygens (including phenoxy) is 1. The van der Waals surface area contributed by atoms with Gasteiger partial charge in [0.2, 0.25) is 0 Å². The van der Waals surface area contributed by atoms with Crippen molar-refractivity contribution in [2.24, 2.45) is 0 Å². The lowest BCUT2D eigenvalue weighted by Gasteiger charge is -2.34. The van der Waals surface area contributed by atoms with Gasteiger partial charge in [0.15, 0.2) is 0 Å². The average Bonchev–Trinajstić information content (AvgIpc) is 2.53. The summed E-state index contributed by atoms with van der Waals surface area (Å²) in [6.07, 6.45) is -0.235. The van der Waals surface area contributed by atoms with Crippen molar-refractivity contribution in [1.29, 1.82) is 0 Å². The van der Waals surface area contributed by atoms with Gasteiger partial charge in [-0.3, -0.25) is 4.57 Å². The van der Waals surface area contributed by atoms with Gasteiger partial charge in [0.25, 0.3) is 0 Å². The Labute approximate surface area is 139 Å². The van der Waals surface area contributed by atoms with E-state index in [-0.39, 0.29) is 19.6 Å². The summed E-state index contributed by atoms with van der Waals surface area (Å²) >= 11 is 5.51. The van der Waals surface area contributed by atoms with Crippen LogP contribution in [0.5, 0.6) is 0 Å². The summed E-state index contributed by atoms with van der Waals surface area (Å²) in [6, 6.07) is 9.11. The second-order valence-electron chi connectivity index (χ2n) is 4.19. The molecule has 118 valence electrons. The van der Waals surface area contributed by atoms with Crippen molar-refractivity contribution in [2.75, 3.05) is 38.6 Å². The predicted octanol–water partition coefficient (Wildman–Crippen LogP) is 2.86. The van der Waals surface area contributed by atoms with Gasteiger partial charge in [-0.05, 0) is 12.0 Å². The Hall–Kier alpha value is -0.420. The Kier molecular flexibility index (Phi) is 4.39. The van der Waals surface area contributed by atoms with Crippen molar-refractivity contribution in [3.63, 3.8) is 0 Å². The Morgan fingerprint density at radius 2 is 2.33 bits per heavy atom. The van der Waals surface area contributed by atoms with Gasteiger partial charge in [-0.15, -0.1) is 11.6 Å². The second-order valence-corrected chi connectivity index (χ2v) is 6.39. The van der Waals surface area contributed by atoms with Crippen LogP contribution in [0.2, 0.25) is 0 Å². The lowest BCUT2D eigenvalue weighted by atomic mass is 10.2. The minimum absolute atomic E-state index is 0.135. The molecule has 1 unspecified atom stereocenters. The minimum atomic E-state index is -4.42. The summed E-state index contributed by atoms with van der Waals surface area (Å²) in [6.45, 7) is -7.51. The van der Waals surface area contributed by atoms with Gasteiger partial charge in [0.1, 0.15) is 0 Å². The van der Waals surface area contributed by atoms with Crippen molar-refractivity contribution in [3.05, 3.63) is 35.9 Å². The highest BCUT2D eigenvalue weighted by Gasteiger charge is 2.34. The van der Waals surface area contributed by atoms with Gasteiger partial charge in [0.05, 0.1) is 22.5 Å². The van der Waals surface area contributed by atoms with Crippen molar-refractivity contribution in [2.45, 2.75) is 13.0 Å². The van der Waals surface area contributed by atoms with E-state index in [0.717, 1.165) is 10.2 Å². The van der Waals surface area contributed by atoms with Gasteiger partial charge in [-0.25, -0.2) is 9.76 Å². The van der Waals surface area contributed by atoms with Crippen LogP contribution in [0.3, 0.4) is 0 Å². The summed E-state index contributed by atoms with van der Waals surface area (Å²) in [5, 5.41) is 2.07. The second kappa shape index (κ2) is 8.89. The van der Waals surface area contributed by atoms with E-state index in [4.69, 9.17) is 29.1 Å². The molecule has 7 heteroatoms. The SMILES string of the molecule is [2H]C([2H])(CCl)NP1(=O)OC([2H])([2H])CCN1C([2H])([2H])COCc1ccccc1. The lowest BCUT2D eigenvalue weighted by molar-refractivity contribution is 0.0977. The number of nitrogens with one attached hydrogen (secondary N) is 1. The molecule has 1 saturated heterocycles. The molecule has 1 heterocycles. The standard InChI is InChI=1S/C14H22ClN2O3P/c15-7-8-16-21(18)17(9-4-11-20-21)10-12-19-13-14-5-2-1-3-6-14/h1-3,5-6H,4,7-13H2,(H,16,18)/i8D2,10D2,11D2. The molecule has 1 aliphatic heterocycles. The van der Waals surface area contributed by atoms with Crippen LogP contribution in [0.25, 0.3) is 0 Å². The maximum Gasteiger partial charge on any atom is 0.343 e. The Morgan fingerprint density at radius 3 is 3.10 bits per heavy atom. The molecule has 0 amide bonds. The average molecular weight is 339 g/mol. The van der Waals surface area contributed by atoms with Crippen LogP contribution in [-0.4, -0.2) is 43.3 Å². The van der Waals surface area contributed by atoms with Crippen LogP contribution < -0.4 is 5.09 Å². The molecular formula is C14H22ClN2O3P. The zero-order valence-corrected chi connectivity index (χ0v) is 13.1. The maximum absolute atomic E-state index is 13.2. The summed E-state index contributed by atoms with van der Waals surface area (Å²) in [5.74, 6) is -0.579. The van der Waals surface area contributed by atoms with E-state index >= 15 is 0 Å². The van der Waals surface area contributed by atoms with E-state index in [2.05, 4.69) is 5.09 Å². The number of halogens is 1.